The number of hydrogen-bond acceptors (Lipinski definition) is 5. The predicted molar refractivity (Wildman–Crippen MR) is 56.1 cm³/mol. The summed E-state index contributed by atoms with van der Waals surface area (Å²) in [7, 11) is 0. The molecule has 0 bridgehead atoms. The van der Waals surface area contributed by atoms with E-state index < -0.39 is 12.1 Å². The summed E-state index contributed by atoms with van der Waals surface area (Å²) in [6.45, 7) is 6.11. The second-order valence-electron chi connectivity index (χ2n) is 3.00. The Bertz CT molecular complexity index is 319. The van der Waals surface area contributed by atoms with Crippen molar-refractivity contribution in [3.63, 3.8) is 0 Å². The topological polar surface area (TPSA) is 67.6 Å². The van der Waals surface area contributed by atoms with Crippen LogP contribution in [0, 0.1) is 0 Å². The summed E-state index contributed by atoms with van der Waals surface area (Å²) in [6.07, 6.45) is 3.01. The molecule has 1 aliphatic heterocycles. The molecule has 0 radical (unpaired) electrons. The van der Waals surface area contributed by atoms with Crippen LogP contribution in [0.3, 0.4) is 0 Å². The minimum atomic E-state index is -0.708. The van der Waals surface area contributed by atoms with Crippen molar-refractivity contribution < 1.29 is 19.1 Å². The second kappa shape index (κ2) is 5.79. The number of nitrogens with one attached hydrogen (secondary N) is 1. The molecule has 0 spiro atoms. The Balaban J connectivity index is 2.11. The van der Waals surface area contributed by atoms with Crippen molar-refractivity contribution in [2.75, 3.05) is 19.8 Å². The molecule has 1 heterocycles. The quantitative estimate of drug-likeness (QED) is 0.530. The van der Waals surface area contributed by atoms with E-state index in [9.17, 15) is 9.59 Å². The molecule has 0 aliphatic carbocycles. The average Bonchev–Trinajstić information content (AvgIpc) is 3.02. The molecule has 0 aromatic heterocycles. The van der Waals surface area contributed by atoms with E-state index in [1.807, 2.05) is 17.3 Å². The Kier molecular flexibility index (Phi) is 4.38. The number of ether oxygens (including phenoxy) is 2. The zero-order chi connectivity index (χ0) is 12.0. The molecular weight excluding hydrogens is 212 g/mol. The highest BCUT2D eigenvalue weighted by molar-refractivity contribution is 5.91. The molecule has 1 amide bonds. The van der Waals surface area contributed by atoms with E-state index in [0.29, 0.717) is 6.54 Å². The van der Waals surface area contributed by atoms with E-state index in [2.05, 4.69) is 16.6 Å². The summed E-state index contributed by atoms with van der Waals surface area (Å²) in [5, 5.41) is 2.19. The van der Waals surface area contributed by atoms with Crippen molar-refractivity contribution in [2.24, 2.45) is 0 Å². The first kappa shape index (κ1) is 12.1. The van der Waals surface area contributed by atoms with Gasteiger partial charge in [0.25, 0.3) is 0 Å². The van der Waals surface area contributed by atoms with Crippen LogP contribution in [0.15, 0.2) is 24.7 Å². The van der Waals surface area contributed by atoms with E-state index in [4.69, 9.17) is 4.74 Å². The standard InChI is InChI=1S/C10H14N2O4/c1-3-15-9(13)8(2)11-10(14)16-7-6-12-4-5-12/h4-5H,2-3,6-7H2,1H3,(H,11,14). The lowest BCUT2D eigenvalue weighted by atomic mass is 10.5. The Labute approximate surface area is 93.5 Å². The maximum Gasteiger partial charge on any atom is 0.411 e. The van der Waals surface area contributed by atoms with Crippen LogP contribution in [0.4, 0.5) is 4.79 Å². The van der Waals surface area contributed by atoms with Crippen LogP contribution in [0.5, 0.6) is 0 Å². The fourth-order valence-electron chi connectivity index (χ4n) is 0.868. The van der Waals surface area contributed by atoms with Gasteiger partial charge in [0.1, 0.15) is 12.3 Å². The largest absolute Gasteiger partial charge is 0.461 e. The highest BCUT2D eigenvalue weighted by Crippen LogP contribution is 2.04. The number of nitrogens with zero attached hydrogens (tertiary/aromatic N) is 1. The Hall–Kier alpha value is -1.98. The summed E-state index contributed by atoms with van der Waals surface area (Å²) in [5.41, 5.74) is -0.128. The molecule has 0 saturated carbocycles. The van der Waals surface area contributed by atoms with Crippen molar-refractivity contribution in [1.82, 2.24) is 10.2 Å². The van der Waals surface area contributed by atoms with Crippen molar-refractivity contribution in [3.05, 3.63) is 24.7 Å². The third kappa shape index (κ3) is 4.50. The number of alkyl carbamates (subject to hydrolysis) is 1. The Morgan fingerprint density at radius 2 is 2.06 bits per heavy atom. The fraction of sp³-hybridized carbons (Fsp3) is 0.400. The van der Waals surface area contributed by atoms with Gasteiger partial charge in [0.15, 0.2) is 0 Å². The van der Waals surface area contributed by atoms with Gasteiger partial charge >= 0.3 is 12.1 Å². The summed E-state index contributed by atoms with van der Waals surface area (Å²) < 4.78 is 9.42. The van der Waals surface area contributed by atoms with Gasteiger partial charge in [0.05, 0.1) is 13.2 Å². The number of carbonyl (C=O) groups is 2. The van der Waals surface area contributed by atoms with Crippen molar-refractivity contribution in [2.45, 2.75) is 6.92 Å². The monoisotopic (exact) mass is 226 g/mol. The molecule has 0 aromatic rings. The number of carbonyl (C=O) groups excluding carboxylic acids is 2. The number of rotatable bonds is 6. The zero-order valence-electron chi connectivity index (χ0n) is 9.06. The SMILES string of the molecule is C=C(NC(=O)OCCN1C=C1)C(=O)OCC. The molecule has 88 valence electrons. The van der Waals surface area contributed by atoms with Crippen LogP contribution in [0.1, 0.15) is 6.92 Å². The van der Waals surface area contributed by atoms with Crippen LogP contribution >= 0.6 is 0 Å². The van der Waals surface area contributed by atoms with Gasteiger partial charge in [-0.2, -0.15) is 0 Å². The molecule has 1 N–H and O–H groups in total. The summed E-state index contributed by atoms with van der Waals surface area (Å²) in [4.78, 5) is 24.1. The first-order valence-corrected chi connectivity index (χ1v) is 4.87. The van der Waals surface area contributed by atoms with Crippen molar-refractivity contribution in [1.29, 1.82) is 0 Å². The molecule has 0 atom stereocenters. The van der Waals surface area contributed by atoms with E-state index in [1.54, 1.807) is 6.92 Å². The summed E-state index contributed by atoms with van der Waals surface area (Å²) in [5.74, 6) is -0.660. The summed E-state index contributed by atoms with van der Waals surface area (Å²) >= 11 is 0. The third-order valence-corrected chi connectivity index (χ3v) is 1.72. The number of esters is 1. The minimum Gasteiger partial charge on any atom is -0.461 e. The molecule has 6 heteroatoms. The van der Waals surface area contributed by atoms with Gasteiger partial charge in [-0.1, -0.05) is 6.58 Å². The minimum absolute atomic E-state index is 0.128. The number of amides is 1. The van der Waals surface area contributed by atoms with Crippen LogP contribution < -0.4 is 5.32 Å². The van der Waals surface area contributed by atoms with Crippen molar-refractivity contribution >= 4 is 12.1 Å². The smallest absolute Gasteiger partial charge is 0.411 e. The zero-order valence-corrected chi connectivity index (χ0v) is 9.06. The fourth-order valence-corrected chi connectivity index (χ4v) is 0.868. The van der Waals surface area contributed by atoms with E-state index in [0.717, 1.165) is 0 Å². The van der Waals surface area contributed by atoms with Crippen LogP contribution in [-0.4, -0.2) is 36.7 Å². The molecule has 6 nitrogen and oxygen atoms in total. The average molecular weight is 226 g/mol. The molecular formula is C10H14N2O4. The molecule has 16 heavy (non-hydrogen) atoms. The molecule has 0 saturated heterocycles. The van der Waals surface area contributed by atoms with Gasteiger partial charge in [-0.05, 0) is 6.92 Å². The van der Waals surface area contributed by atoms with Gasteiger partial charge in [0, 0.05) is 12.4 Å². The van der Waals surface area contributed by atoms with Crippen LogP contribution in [0.2, 0.25) is 0 Å². The van der Waals surface area contributed by atoms with Crippen molar-refractivity contribution in [3.8, 4) is 0 Å². The first-order valence-electron chi connectivity index (χ1n) is 4.87. The second-order valence-corrected chi connectivity index (χ2v) is 3.00. The van der Waals surface area contributed by atoms with Crippen LogP contribution in [0.25, 0.3) is 0 Å². The van der Waals surface area contributed by atoms with Gasteiger partial charge in [-0.3, -0.25) is 5.32 Å². The molecule has 0 aromatic carbocycles. The highest BCUT2D eigenvalue weighted by Gasteiger charge is 2.12. The maximum absolute atomic E-state index is 11.1. The molecule has 1 aliphatic rings. The molecule has 0 unspecified atom stereocenters. The highest BCUT2D eigenvalue weighted by atomic mass is 16.6. The first-order chi connectivity index (χ1) is 7.63. The summed E-state index contributed by atoms with van der Waals surface area (Å²) in [6, 6.07) is 0. The van der Waals surface area contributed by atoms with E-state index in [-0.39, 0.29) is 18.9 Å². The van der Waals surface area contributed by atoms with Gasteiger partial charge in [0.2, 0.25) is 0 Å². The van der Waals surface area contributed by atoms with E-state index >= 15 is 0 Å². The number of hydrogen-bond donors (Lipinski definition) is 1. The lowest BCUT2D eigenvalue weighted by Gasteiger charge is -2.08. The lowest BCUT2D eigenvalue weighted by molar-refractivity contribution is -0.138. The maximum atomic E-state index is 11.1. The predicted octanol–water partition coefficient (Wildman–Crippen LogP) is 0.576. The normalized spacial score (nSPS) is 11.9. The van der Waals surface area contributed by atoms with Crippen LogP contribution in [-0.2, 0) is 14.3 Å². The lowest BCUT2D eigenvalue weighted by Crippen LogP contribution is -2.29. The van der Waals surface area contributed by atoms with E-state index in [1.165, 1.54) is 0 Å². The Morgan fingerprint density at radius 3 is 2.62 bits per heavy atom. The van der Waals surface area contributed by atoms with Gasteiger partial charge in [-0.25, -0.2) is 9.59 Å². The van der Waals surface area contributed by atoms with Gasteiger partial charge < -0.3 is 14.4 Å². The molecule has 1 rings (SSSR count). The Morgan fingerprint density at radius 1 is 1.38 bits per heavy atom. The van der Waals surface area contributed by atoms with Gasteiger partial charge in [-0.15, -0.1) is 0 Å². The molecule has 0 fully saturated rings. The third-order valence-electron chi connectivity index (χ3n) is 1.72.